The molecule has 2 heterocycles. The molecule has 0 spiro atoms. The van der Waals surface area contributed by atoms with Crippen LogP contribution in [0.4, 0.5) is 0 Å². The highest BCUT2D eigenvalue weighted by molar-refractivity contribution is 5.87. The molecule has 6 nitrogen and oxygen atoms in total. The fourth-order valence-electron chi connectivity index (χ4n) is 2.58. The quantitative estimate of drug-likeness (QED) is 0.464. The minimum Gasteiger partial charge on any atom is -0.494 e. The largest absolute Gasteiger partial charge is 0.494 e. The maximum atomic E-state index is 12.2. The first-order valence-corrected chi connectivity index (χ1v) is 9.12. The number of ether oxygens (including phenoxy) is 2. The number of nitrogens with zero attached hydrogens (tertiary/aromatic N) is 2. The summed E-state index contributed by atoms with van der Waals surface area (Å²) in [7, 11) is 0. The second kappa shape index (κ2) is 8.99. The summed E-state index contributed by atoms with van der Waals surface area (Å²) in [5, 5.41) is 0. The lowest BCUT2D eigenvalue weighted by molar-refractivity contribution is -0.139. The van der Waals surface area contributed by atoms with Crippen molar-refractivity contribution in [3.63, 3.8) is 0 Å². The van der Waals surface area contributed by atoms with Crippen molar-refractivity contribution in [2.45, 2.75) is 26.9 Å². The number of carbonyl (C=O) groups excluding carboxylic acids is 1. The summed E-state index contributed by atoms with van der Waals surface area (Å²) in [4.78, 5) is 28.5. The number of hydrogen-bond donors (Lipinski definition) is 0. The molecule has 0 atom stereocenters. The SMILES string of the molecule is CCCOc1ccc(/C=C\C(=O)OCc2cc(=O)n3cc(C)ccc3n2)cc1. The molecule has 28 heavy (non-hydrogen) atoms. The highest BCUT2D eigenvalue weighted by atomic mass is 16.5. The van der Waals surface area contributed by atoms with Crippen LogP contribution in [0.2, 0.25) is 0 Å². The second-order valence-corrected chi connectivity index (χ2v) is 6.38. The number of pyridine rings is 1. The Morgan fingerprint density at radius 3 is 2.71 bits per heavy atom. The van der Waals surface area contributed by atoms with E-state index in [0.717, 1.165) is 23.3 Å². The van der Waals surface area contributed by atoms with Crippen molar-refractivity contribution in [3.05, 3.63) is 81.9 Å². The van der Waals surface area contributed by atoms with Gasteiger partial charge in [-0.25, -0.2) is 9.78 Å². The molecule has 6 heteroatoms. The van der Waals surface area contributed by atoms with E-state index in [1.807, 2.05) is 44.2 Å². The van der Waals surface area contributed by atoms with Crippen molar-refractivity contribution in [1.82, 2.24) is 9.38 Å². The van der Waals surface area contributed by atoms with Crippen LogP contribution in [0.5, 0.6) is 5.75 Å². The van der Waals surface area contributed by atoms with Crippen LogP contribution < -0.4 is 10.3 Å². The fourth-order valence-corrected chi connectivity index (χ4v) is 2.58. The van der Waals surface area contributed by atoms with Gasteiger partial charge in [0, 0.05) is 18.3 Å². The smallest absolute Gasteiger partial charge is 0.331 e. The van der Waals surface area contributed by atoms with Crippen LogP contribution in [-0.4, -0.2) is 22.0 Å². The van der Waals surface area contributed by atoms with Crippen LogP contribution in [0.25, 0.3) is 11.7 Å². The highest BCUT2D eigenvalue weighted by Gasteiger charge is 2.05. The van der Waals surface area contributed by atoms with Crippen molar-refractivity contribution in [1.29, 1.82) is 0 Å². The van der Waals surface area contributed by atoms with Gasteiger partial charge in [0.1, 0.15) is 18.0 Å². The van der Waals surface area contributed by atoms with Gasteiger partial charge in [-0.05, 0) is 48.7 Å². The third kappa shape index (κ3) is 5.07. The van der Waals surface area contributed by atoms with Gasteiger partial charge in [0.25, 0.3) is 5.56 Å². The Labute approximate surface area is 163 Å². The Hall–Kier alpha value is -3.41. The molecule has 3 rings (SSSR count). The molecular weight excluding hydrogens is 356 g/mol. The van der Waals surface area contributed by atoms with E-state index in [2.05, 4.69) is 4.98 Å². The maximum Gasteiger partial charge on any atom is 0.331 e. The van der Waals surface area contributed by atoms with E-state index in [4.69, 9.17) is 9.47 Å². The van der Waals surface area contributed by atoms with Gasteiger partial charge in [0.05, 0.1) is 12.3 Å². The topological polar surface area (TPSA) is 69.9 Å². The van der Waals surface area contributed by atoms with Crippen LogP contribution in [-0.2, 0) is 16.1 Å². The first-order chi connectivity index (χ1) is 13.5. The molecule has 0 saturated heterocycles. The van der Waals surface area contributed by atoms with Gasteiger partial charge in [0.2, 0.25) is 0 Å². The van der Waals surface area contributed by atoms with Crippen LogP contribution >= 0.6 is 0 Å². The molecule has 2 aromatic heterocycles. The first kappa shape index (κ1) is 19.4. The van der Waals surface area contributed by atoms with E-state index >= 15 is 0 Å². The lowest BCUT2D eigenvalue weighted by Crippen LogP contribution is -2.16. The molecule has 1 aromatic carbocycles. The van der Waals surface area contributed by atoms with Gasteiger partial charge in [-0.2, -0.15) is 0 Å². The van der Waals surface area contributed by atoms with Gasteiger partial charge in [-0.15, -0.1) is 0 Å². The molecule has 0 saturated carbocycles. The summed E-state index contributed by atoms with van der Waals surface area (Å²) >= 11 is 0. The summed E-state index contributed by atoms with van der Waals surface area (Å²) in [5.41, 5.74) is 2.54. The van der Waals surface area contributed by atoms with E-state index < -0.39 is 5.97 Å². The molecule has 0 fully saturated rings. The summed E-state index contributed by atoms with van der Waals surface area (Å²) in [6, 6.07) is 12.4. The average Bonchev–Trinajstić information content (AvgIpc) is 2.70. The monoisotopic (exact) mass is 378 g/mol. The lowest BCUT2D eigenvalue weighted by Gasteiger charge is -2.05. The predicted molar refractivity (Wildman–Crippen MR) is 107 cm³/mol. The molecule has 0 radical (unpaired) electrons. The molecule has 0 amide bonds. The zero-order valence-corrected chi connectivity index (χ0v) is 15.9. The van der Waals surface area contributed by atoms with Crippen LogP contribution in [0, 0.1) is 6.92 Å². The Morgan fingerprint density at radius 2 is 1.96 bits per heavy atom. The molecule has 0 aliphatic carbocycles. The maximum absolute atomic E-state index is 12.2. The number of aromatic nitrogens is 2. The molecule has 0 unspecified atom stereocenters. The number of rotatable bonds is 7. The van der Waals surface area contributed by atoms with E-state index in [1.54, 1.807) is 18.3 Å². The van der Waals surface area contributed by atoms with E-state index in [9.17, 15) is 9.59 Å². The predicted octanol–water partition coefficient (Wildman–Crippen LogP) is 3.55. The van der Waals surface area contributed by atoms with Crippen LogP contribution in [0.15, 0.2) is 59.5 Å². The molecular formula is C22H22N2O4. The Morgan fingerprint density at radius 1 is 1.18 bits per heavy atom. The summed E-state index contributed by atoms with van der Waals surface area (Å²) < 4.78 is 12.2. The van der Waals surface area contributed by atoms with Crippen LogP contribution in [0.3, 0.4) is 0 Å². The standard InChI is InChI=1S/C22H22N2O4/c1-3-12-27-19-8-5-17(6-9-19)7-11-22(26)28-15-18-13-21(25)24-14-16(2)4-10-20(24)23-18/h4-11,13-14H,3,12,15H2,1-2H3/b11-7-. The minimum absolute atomic E-state index is 0.0629. The van der Waals surface area contributed by atoms with Crippen molar-refractivity contribution in [3.8, 4) is 5.75 Å². The van der Waals surface area contributed by atoms with Gasteiger partial charge in [0.15, 0.2) is 0 Å². The Kier molecular flexibility index (Phi) is 6.22. The lowest BCUT2D eigenvalue weighted by atomic mass is 10.2. The number of aryl methyl sites for hydroxylation is 1. The summed E-state index contributed by atoms with van der Waals surface area (Å²) in [6.45, 7) is 4.56. The Balaban J connectivity index is 1.59. The molecule has 0 aliphatic rings. The van der Waals surface area contributed by atoms with Crippen molar-refractivity contribution in [2.24, 2.45) is 0 Å². The normalized spacial score (nSPS) is 11.1. The number of hydrogen-bond acceptors (Lipinski definition) is 5. The van der Waals surface area contributed by atoms with Crippen molar-refractivity contribution >= 4 is 17.7 Å². The van der Waals surface area contributed by atoms with E-state index in [-0.39, 0.29) is 12.2 Å². The van der Waals surface area contributed by atoms with Gasteiger partial charge in [-0.1, -0.05) is 25.1 Å². The van der Waals surface area contributed by atoms with Crippen molar-refractivity contribution < 1.29 is 14.3 Å². The van der Waals surface area contributed by atoms with E-state index in [1.165, 1.54) is 16.5 Å². The van der Waals surface area contributed by atoms with Gasteiger partial charge >= 0.3 is 5.97 Å². The Bertz CT molecular complexity index is 1050. The molecule has 3 aromatic rings. The highest BCUT2D eigenvalue weighted by Crippen LogP contribution is 2.13. The number of fused-ring (bicyclic) bond motifs is 1. The third-order valence-corrected chi connectivity index (χ3v) is 3.99. The van der Waals surface area contributed by atoms with Crippen LogP contribution in [0.1, 0.15) is 30.2 Å². The second-order valence-electron chi connectivity index (χ2n) is 6.38. The summed E-state index contributed by atoms with van der Waals surface area (Å²) in [5.74, 6) is 0.294. The average molecular weight is 378 g/mol. The van der Waals surface area contributed by atoms with Crippen molar-refractivity contribution in [2.75, 3.05) is 6.61 Å². The third-order valence-electron chi connectivity index (χ3n) is 3.99. The van der Waals surface area contributed by atoms with Gasteiger partial charge < -0.3 is 9.47 Å². The molecule has 0 bridgehead atoms. The van der Waals surface area contributed by atoms with E-state index in [0.29, 0.717) is 17.9 Å². The number of esters is 1. The fraction of sp³-hybridized carbons (Fsp3) is 0.227. The molecule has 0 N–H and O–H groups in total. The first-order valence-electron chi connectivity index (χ1n) is 9.12. The number of carbonyl (C=O) groups is 1. The molecule has 0 aliphatic heterocycles. The van der Waals surface area contributed by atoms with Gasteiger partial charge in [-0.3, -0.25) is 9.20 Å². The molecule has 144 valence electrons. The zero-order chi connectivity index (χ0) is 19.9. The zero-order valence-electron chi connectivity index (χ0n) is 15.9. The summed E-state index contributed by atoms with van der Waals surface area (Å²) in [6.07, 6.45) is 5.68. The minimum atomic E-state index is -0.503. The number of benzene rings is 1.